The predicted molar refractivity (Wildman–Crippen MR) is 59.6 cm³/mol. The predicted octanol–water partition coefficient (Wildman–Crippen LogP) is 0.0189. The highest BCUT2D eigenvalue weighted by atomic mass is 16.5. The maximum absolute atomic E-state index is 11.4. The highest BCUT2D eigenvalue weighted by molar-refractivity contribution is 5.84. The number of hydrogen-bond donors (Lipinski definition) is 2. The second-order valence-corrected chi connectivity index (χ2v) is 4.18. The van der Waals surface area contributed by atoms with Crippen LogP contribution in [-0.4, -0.2) is 50.0 Å². The molecular weight excluding hydrogens is 226 g/mol. The molecule has 0 radical (unpaired) electrons. The third-order valence-corrected chi connectivity index (χ3v) is 2.56. The number of hydrogen-bond acceptors (Lipinski definition) is 4. The van der Waals surface area contributed by atoms with Gasteiger partial charge in [-0.05, 0) is 12.3 Å². The summed E-state index contributed by atoms with van der Waals surface area (Å²) in [6.07, 6.45) is 2.63. The van der Waals surface area contributed by atoms with Crippen LogP contribution in [0.4, 0.5) is 0 Å². The number of rotatable bonds is 9. The molecule has 17 heavy (non-hydrogen) atoms. The summed E-state index contributed by atoms with van der Waals surface area (Å²) in [5.41, 5.74) is 0. The number of carboxylic acids is 1. The summed E-state index contributed by atoms with van der Waals surface area (Å²) in [5, 5.41) is 11.4. The van der Waals surface area contributed by atoms with Gasteiger partial charge in [0.15, 0.2) is 0 Å². The molecule has 1 aliphatic rings. The van der Waals surface area contributed by atoms with Crippen molar-refractivity contribution in [1.82, 2.24) is 5.32 Å². The summed E-state index contributed by atoms with van der Waals surface area (Å²) in [5.74, 6) is -0.929. The van der Waals surface area contributed by atoms with Gasteiger partial charge in [0.25, 0.3) is 0 Å². The van der Waals surface area contributed by atoms with Gasteiger partial charge in [0.05, 0.1) is 13.2 Å². The number of methoxy groups -OCH3 is 1. The Kier molecular flexibility index (Phi) is 5.93. The fourth-order valence-corrected chi connectivity index (χ4v) is 1.45. The Morgan fingerprint density at radius 3 is 2.65 bits per heavy atom. The second-order valence-electron chi connectivity index (χ2n) is 4.18. The SMILES string of the molecule is COCCOCC(=O)N[C@H](CC1CC1)C(=O)O. The molecule has 0 unspecified atom stereocenters. The van der Waals surface area contributed by atoms with E-state index in [4.69, 9.17) is 14.6 Å². The van der Waals surface area contributed by atoms with Crippen molar-refractivity contribution in [3.63, 3.8) is 0 Å². The van der Waals surface area contributed by atoms with Crippen molar-refractivity contribution in [1.29, 1.82) is 0 Å². The highest BCUT2D eigenvalue weighted by Crippen LogP contribution is 2.33. The van der Waals surface area contributed by atoms with Gasteiger partial charge >= 0.3 is 5.97 Å². The van der Waals surface area contributed by atoms with E-state index in [0.29, 0.717) is 25.6 Å². The van der Waals surface area contributed by atoms with Gasteiger partial charge in [-0.2, -0.15) is 0 Å². The zero-order valence-electron chi connectivity index (χ0n) is 9.98. The molecule has 0 aromatic rings. The first kappa shape index (κ1) is 13.9. The molecule has 1 aliphatic carbocycles. The molecule has 1 fully saturated rings. The molecule has 1 rings (SSSR count). The number of amides is 1. The molecule has 0 bridgehead atoms. The molecule has 6 heteroatoms. The van der Waals surface area contributed by atoms with E-state index < -0.39 is 17.9 Å². The summed E-state index contributed by atoms with van der Waals surface area (Å²) in [6, 6.07) is -0.791. The standard InChI is InChI=1S/C11H19NO5/c1-16-4-5-17-7-10(13)12-9(11(14)15)6-8-2-3-8/h8-9H,2-7H2,1H3,(H,12,13)(H,14,15)/t9-/m1/s1. The van der Waals surface area contributed by atoms with Crippen molar-refractivity contribution in [2.24, 2.45) is 5.92 Å². The van der Waals surface area contributed by atoms with Crippen LogP contribution in [0.3, 0.4) is 0 Å². The zero-order valence-corrected chi connectivity index (χ0v) is 9.98. The smallest absolute Gasteiger partial charge is 0.326 e. The van der Waals surface area contributed by atoms with Crippen LogP contribution in [0, 0.1) is 5.92 Å². The molecule has 2 N–H and O–H groups in total. The summed E-state index contributed by atoms with van der Waals surface area (Å²) < 4.78 is 9.76. The lowest BCUT2D eigenvalue weighted by Gasteiger charge is -2.14. The largest absolute Gasteiger partial charge is 0.480 e. The summed E-state index contributed by atoms with van der Waals surface area (Å²) >= 11 is 0. The van der Waals surface area contributed by atoms with Crippen LogP contribution in [0.2, 0.25) is 0 Å². The van der Waals surface area contributed by atoms with Crippen LogP contribution in [0.25, 0.3) is 0 Å². The van der Waals surface area contributed by atoms with Crippen LogP contribution in [0.1, 0.15) is 19.3 Å². The molecule has 0 spiro atoms. The van der Waals surface area contributed by atoms with Gasteiger partial charge in [0.1, 0.15) is 12.6 Å². The maximum Gasteiger partial charge on any atom is 0.326 e. The minimum atomic E-state index is -0.984. The molecule has 6 nitrogen and oxygen atoms in total. The minimum Gasteiger partial charge on any atom is -0.480 e. The Bertz CT molecular complexity index is 265. The average molecular weight is 245 g/mol. The van der Waals surface area contributed by atoms with Gasteiger partial charge in [-0.15, -0.1) is 0 Å². The van der Waals surface area contributed by atoms with E-state index in [2.05, 4.69) is 5.32 Å². The lowest BCUT2D eigenvalue weighted by atomic mass is 10.1. The van der Waals surface area contributed by atoms with E-state index in [1.165, 1.54) is 0 Å². The van der Waals surface area contributed by atoms with Crippen molar-refractivity contribution in [3.05, 3.63) is 0 Å². The molecule has 0 saturated heterocycles. The monoisotopic (exact) mass is 245 g/mol. The van der Waals surface area contributed by atoms with Gasteiger partial charge < -0.3 is 19.9 Å². The Morgan fingerprint density at radius 2 is 2.12 bits per heavy atom. The Hall–Kier alpha value is -1.14. The number of nitrogens with one attached hydrogen (secondary N) is 1. The van der Waals surface area contributed by atoms with Crippen molar-refractivity contribution >= 4 is 11.9 Å². The first-order valence-electron chi connectivity index (χ1n) is 5.72. The molecular formula is C11H19NO5. The molecule has 0 aromatic carbocycles. The van der Waals surface area contributed by atoms with Gasteiger partial charge in [0.2, 0.25) is 5.91 Å². The fourth-order valence-electron chi connectivity index (χ4n) is 1.45. The molecule has 0 aromatic heterocycles. The van der Waals surface area contributed by atoms with E-state index in [1.54, 1.807) is 7.11 Å². The van der Waals surface area contributed by atoms with Crippen LogP contribution in [0.15, 0.2) is 0 Å². The van der Waals surface area contributed by atoms with Gasteiger partial charge in [-0.25, -0.2) is 4.79 Å². The van der Waals surface area contributed by atoms with Gasteiger partial charge in [-0.3, -0.25) is 4.79 Å². The Morgan fingerprint density at radius 1 is 1.41 bits per heavy atom. The fraction of sp³-hybridized carbons (Fsp3) is 0.818. The second kappa shape index (κ2) is 7.24. The van der Waals surface area contributed by atoms with Gasteiger partial charge in [-0.1, -0.05) is 12.8 Å². The van der Waals surface area contributed by atoms with Crippen LogP contribution >= 0.6 is 0 Å². The van der Waals surface area contributed by atoms with Crippen molar-refractivity contribution in [2.75, 3.05) is 26.9 Å². The van der Waals surface area contributed by atoms with E-state index in [1.807, 2.05) is 0 Å². The van der Waals surface area contributed by atoms with E-state index in [0.717, 1.165) is 12.8 Å². The summed E-state index contributed by atoms with van der Waals surface area (Å²) in [4.78, 5) is 22.3. The van der Waals surface area contributed by atoms with Crippen molar-refractivity contribution < 1.29 is 24.2 Å². The van der Waals surface area contributed by atoms with Crippen molar-refractivity contribution in [3.8, 4) is 0 Å². The lowest BCUT2D eigenvalue weighted by Crippen LogP contribution is -2.42. The first-order chi connectivity index (χ1) is 8.13. The average Bonchev–Trinajstić information content (AvgIpc) is 3.07. The van der Waals surface area contributed by atoms with Gasteiger partial charge in [0, 0.05) is 7.11 Å². The molecule has 0 aliphatic heterocycles. The zero-order chi connectivity index (χ0) is 12.7. The third kappa shape index (κ3) is 6.23. The van der Waals surface area contributed by atoms with E-state index >= 15 is 0 Å². The Balaban J connectivity index is 2.18. The van der Waals surface area contributed by atoms with Crippen LogP contribution in [0.5, 0.6) is 0 Å². The number of aliphatic carboxylic acids is 1. The first-order valence-corrected chi connectivity index (χ1v) is 5.72. The van der Waals surface area contributed by atoms with E-state index in [9.17, 15) is 9.59 Å². The number of ether oxygens (including phenoxy) is 2. The van der Waals surface area contributed by atoms with E-state index in [-0.39, 0.29) is 6.61 Å². The number of carboxylic acid groups (broad SMARTS) is 1. The number of carbonyl (C=O) groups excluding carboxylic acids is 1. The Labute approximate surface area is 100 Å². The quantitative estimate of drug-likeness (QED) is 0.559. The maximum atomic E-state index is 11.4. The van der Waals surface area contributed by atoms with Crippen LogP contribution in [-0.2, 0) is 19.1 Å². The number of carbonyl (C=O) groups is 2. The molecule has 0 heterocycles. The summed E-state index contributed by atoms with van der Waals surface area (Å²) in [7, 11) is 1.54. The molecule has 1 saturated carbocycles. The normalized spacial score (nSPS) is 16.5. The lowest BCUT2D eigenvalue weighted by molar-refractivity contribution is -0.143. The molecule has 1 amide bonds. The third-order valence-electron chi connectivity index (χ3n) is 2.56. The molecule has 1 atom stereocenters. The molecule has 98 valence electrons. The topological polar surface area (TPSA) is 84.9 Å². The summed E-state index contributed by atoms with van der Waals surface area (Å²) in [6.45, 7) is 0.611. The van der Waals surface area contributed by atoms with Crippen molar-refractivity contribution in [2.45, 2.75) is 25.3 Å². The minimum absolute atomic E-state index is 0.127. The highest BCUT2D eigenvalue weighted by Gasteiger charge is 2.30. The van der Waals surface area contributed by atoms with Crippen LogP contribution < -0.4 is 5.32 Å².